The molecule has 0 spiro atoms. The van der Waals surface area contributed by atoms with E-state index in [4.69, 9.17) is 16.9 Å². The zero-order valence-electron chi connectivity index (χ0n) is 12.9. The molecule has 118 valence electrons. The van der Waals surface area contributed by atoms with Crippen LogP contribution >= 0.6 is 11.6 Å². The second-order valence-electron chi connectivity index (χ2n) is 5.14. The summed E-state index contributed by atoms with van der Waals surface area (Å²) < 4.78 is 0. The van der Waals surface area contributed by atoms with Crippen LogP contribution in [0.15, 0.2) is 54.9 Å². The molecule has 5 nitrogen and oxygen atoms in total. The normalized spacial score (nSPS) is 10.0. The summed E-state index contributed by atoms with van der Waals surface area (Å²) in [5.41, 5.74) is 3.22. The van der Waals surface area contributed by atoms with E-state index in [1.165, 1.54) is 6.33 Å². The van der Waals surface area contributed by atoms with Crippen LogP contribution < -0.4 is 10.6 Å². The second-order valence-corrected chi connectivity index (χ2v) is 5.55. The van der Waals surface area contributed by atoms with Crippen LogP contribution in [0.2, 0.25) is 5.02 Å². The largest absolute Gasteiger partial charge is 0.340 e. The van der Waals surface area contributed by atoms with Gasteiger partial charge in [0.15, 0.2) is 0 Å². The monoisotopic (exact) mass is 335 g/mol. The lowest BCUT2D eigenvalue weighted by molar-refractivity contribution is 1.16. The lowest BCUT2D eigenvalue weighted by Gasteiger charge is -2.11. The van der Waals surface area contributed by atoms with Crippen molar-refractivity contribution in [2.24, 2.45) is 0 Å². The van der Waals surface area contributed by atoms with Crippen molar-refractivity contribution in [1.29, 1.82) is 5.26 Å². The van der Waals surface area contributed by atoms with E-state index < -0.39 is 0 Å². The van der Waals surface area contributed by atoms with Crippen molar-refractivity contribution in [3.63, 3.8) is 0 Å². The van der Waals surface area contributed by atoms with E-state index in [1.54, 1.807) is 18.2 Å². The van der Waals surface area contributed by atoms with Crippen LogP contribution in [0.1, 0.15) is 11.1 Å². The van der Waals surface area contributed by atoms with Gasteiger partial charge in [-0.15, -0.1) is 0 Å². The number of halogens is 1. The number of anilines is 4. The van der Waals surface area contributed by atoms with Gasteiger partial charge in [-0.25, -0.2) is 9.97 Å². The first kappa shape index (κ1) is 15.8. The fourth-order valence-corrected chi connectivity index (χ4v) is 2.36. The van der Waals surface area contributed by atoms with Gasteiger partial charge in [0.05, 0.1) is 11.6 Å². The number of hydrogen-bond donors (Lipinski definition) is 2. The van der Waals surface area contributed by atoms with Crippen molar-refractivity contribution in [3.05, 3.63) is 71.0 Å². The zero-order valence-corrected chi connectivity index (χ0v) is 13.7. The number of hydrogen-bond acceptors (Lipinski definition) is 5. The maximum absolute atomic E-state index is 8.96. The Morgan fingerprint density at radius 1 is 1.00 bits per heavy atom. The third-order valence-corrected chi connectivity index (χ3v) is 3.87. The first-order valence-corrected chi connectivity index (χ1v) is 7.65. The smallest absolute Gasteiger partial charge is 0.135 e. The molecule has 0 amide bonds. The Labute approximate surface area is 145 Å². The van der Waals surface area contributed by atoms with Crippen molar-refractivity contribution in [2.45, 2.75) is 6.92 Å². The maximum atomic E-state index is 8.96. The molecule has 0 bridgehead atoms. The van der Waals surface area contributed by atoms with Gasteiger partial charge in [0.25, 0.3) is 0 Å². The maximum Gasteiger partial charge on any atom is 0.135 e. The third kappa shape index (κ3) is 3.62. The van der Waals surface area contributed by atoms with Gasteiger partial charge in [-0.2, -0.15) is 5.26 Å². The Morgan fingerprint density at radius 3 is 2.54 bits per heavy atom. The molecule has 0 atom stereocenters. The van der Waals surface area contributed by atoms with Gasteiger partial charge in [0.2, 0.25) is 0 Å². The van der Waals surface area contributed by atoms with Crippen LogP contribution in [0.4, 0.5) is 23.0 Å². The Hall–Kier alpha value is -3.10. The Morgan fingerprint density at radius 2 is 1.75 bits per heavy atom. The molecule has 2 aromatic carbocycles. The molecule has 2 N–H and O–H groups in total. The molecule has 3 aromatic rings. The van der Waals surface area contributed by atoms with E-state index in [9.17, 15) is 0 Å². The predicted molar refractivity (Wildman–Crippen MR) is 95.9 cm³/mol. The molecule has 0 aliphatic rings. The van der Waals surface area contributed by atoms with Crippen molar-refractivity contribution in [1.82, 2.24) is 9.97 Å². The van der Waals surface area contributed by atoms with Gasteiger partial charge in [-0.3, -0.25) is 0 Å². The SMILES string of the molecule is Cc1c(Cl)cccc1Nc1cc(Nc2cccc(C#N)c2)ncn1. The minimum absolute atomic E-state index is 0.585. The van der Waals surface area contributed by atoms with Crippen LogP contribution in [-0.4, -0.2) is 9.97 Å². The van der Waals surface area contributed by atoms with Crippen LogP contribution in [0, 0.1) is 18.3 Å². The van der Waals surface area contributed by atoms with Crippen molar-refractivity contribution >= 4 is 34.6 Å². The molecular weight excluding hydrogens is 322 g/mol. The van der Waals surface area contributed by atoms with Gasteiger partial charge >= 0.3 is 0 Å². The highest BCUT2D eigenvalue weighted by Crippen LogP contribution is 2.26. The van der Waals surface area contributed by atoms with E-state index in [1.807, 2.05) is 37.3 Å². The summed E-state index contributed by atoms with van der Waals surface area (Å²) in [7, 11) is 0. The molecule has 0 radical (unpaired) electrons. The first-order valence-electron chi connectivity index (χ1n) is 7.27. The lowest BCUT2D eigenvalue weighted by Crippen LogP contribution is -1.99. The third-order valence-electron chi connectivity index (χ3n) is 3.46. The molecule has 0 unspecified atom stereocenters. The summed E-state index contributed by atoms with van der Waals surface area (Å²) in [6.45, 7) is 1.94. The standard InChI is InChI=1S/C18H14ClN5/c1-12-15(19)6-3-7-16(12)24-18-9-17(21-11-22-18)23-14-5-2-4-13(8-14)10-20/h2-9,11H,1H3,(H2,21,22,23,24). The van der Waals surface area contributed by atoms with Crippen LogP contribution in [-0.2, 0) is 0 Å². The Bertz CT molecular complexity index is 917. The average molecular weight is 336 g/mol. The van der Waals surface area contributed by atoms with Crippen molar-refractivity contribution in [2.75, 3.05) is 10.6 Å². The summed E-state index contributed by atoms with van der Waals surface area (Å²) >= 11 is 6.14. The van der Waals surface area contributed by atoms with Gasteiger partial charge in [-0.05, 0) is 42.8 Å². The molecule has 24 heavy (non-hydrogen) atoms. The van der Waals surface area contributed by atoms with Crippen molar-refractivity contribution < 1.29 is 0 Å². The van der Waals surface area contributed by atoms with Crippen LogP contribution in [0.5, 0.6) is 0 Å². The highest BCUT2D eigenvalue weighted by Gasteiger charge is 2.05. The van der Waals surface area contributed by atoms with Gasteiger partial charge < -0.3 is 10.6 Å². The van der Waals surface area contributed by atoms with Crippen LogP contribution in [0.25, 0.3) is 0 Å². The molecule has 0 saturated carbocycles. The fourth-order valence-electron chi connectivity index (χ4n) is 2.19. The van der Waals surface area contributed by atoms with E-state index in [2.05, 4.69) is 26.7 Å². The molecule has 6 heteroatoms. The van der Waals surface area contributed by atoms with Crippen molar-refractivity contribution in [3.8, 4) is 6.07 Å². The molecule has 1 heterocycles. The van der Waals surface area contributed by atoms with E-state index in [-0.39, 0.29) is 0 Å². The predicted octanol–water partition coefficient (Wildman–Crippen LogP) is 4.80. The quantitative estimate of drug-likeness (QED) is 0.716. The molecule has 3 rings (SSSR count). The number of benzene rings is 2. The number of rotatable bonds is 4. The number of nitrogens with zero attached hydrogens (tertiary/aromatic N) is 3. The topological polar surface area (TPSA) is 73.6 Å². The summed E-state index contributed by atoms with van der Waals surface area (Å²) in [4.78, 5) is 8.42. The van der Waals surface area contributed by atoms with Gasteiger partial charge in [-0.1, -0.05) is 23.7 Å². The first-order chi connectivity index (χ1) is 11.7. The lowest BCUT2D eigenvalue weighted by atomic mass is 10.2. The molecule has 0 aliphatic heterocycles. The second kappa shape index (κ2) is 6.99. The molecule has 0 saturated heterocycles. The Kier molecular flexibility index (Phi) is 4.59. The van der Waals surface area contributed by atoms with Gasteiger partial charge in [0.1, 0.15) is 18.0 Å². The van der Waals surface area contributed by atoms with E-state index in [0.717, 1.165) is 16.9 Å². The minimum Gasteiger partial charge on any atom is -0.340 e. The molecule has 0 aliphatic carbocycles. The summed E-state index contributed by atoms with van der Waals surface area (Å²) in [6, 6.07) is 16.8. The number of aromatic nitrogens is 2. The zero-order chi connectivity index (χ0) is 16.9. The number of nitriles is 1. The number of nitrogens with one attached hydrogen (secondary N) is 2. The minimum atomic E-state index is 0.585. The average Bonchev–Trinajstić information content (AvgIpc) is 2.59. The molecule has 0 fully saturated rings. The summed E-state index contributed by atoms with van der Waals surface area (Å²) in [6.07, 6.45) is 1.47. The molecule has 1 aromatic heterocycles. The van der Waals surface area contributed by atoms with E-state index >= 15 is 0 Å². The highest BCUT2D eigenvalue weighted by atomic mass is 35.5. The molecular formula is C18H14ClN5. The Balaban J connectivity index is 1.81. The van der Waals surface area contributed by atoms with Crippen LogP contribution in [0.3, 0.4) is 0 Å². The highest BCUT2D eigenvalue weighted by molar-refractivity contribution is 6.31. The van der Waals surface area contributed by atoms with E-state index in [0.29, 0.717) is 22.2 Å². The van der Waals surface area contributed by atoms with Gasteiger partial charge in [0, 0.05) is 22.5 Å². The fraction of sp³-hybridized carbons (Fsp3) is 0.0556. The summed E-state index contributed by atoms with van der Waals surface area (Å²) in [5.74, 6) is 1.27. The summed E-state index contributed by atoms with van der Waals surface area (Å²) in [5, 5.41) is 16.1.